The van der Waals surface area contributed by atoms with Crippen molar-refractivity contribution in [2.45, 2.75) is 38.8 Å². The number of sulfone groups is 1. The topological polar surface area (TPSA) is 63.4 Å². The highest BCUT2D eigenvalue weighted by molar-refractivity contribution is 7.91. The van der Waals surface area contributed by atoms with Gasteiger partial charge in [-0.1, -0.05) is 6.92 Å². The molecular formula is C10H22N2O2S. The van der Waals surface area contributed by atoms with E-state index in [1.807, 2.05) is 0 Å². The SMILES string of the molecule is CCS(=O)(=O)CCN1CC(N)CCC1C. The van der Waals surface area contributed by atoms with Crippen molar-refractivity contribution in [3.05, 3.63) is 0 Å². The van der Waals surface area contributed by atoms with Gasteiger partial charge in [-0.25, -0.2) is 8.42 Å². The minimum absolute atomic E-state index is 0.213. The van der Waals surface area contributed by atoms with Gasteiger partial charge in [0.25, 0.3) is 0 Å². The molecule has 1 heterocycles. The Morgan fingerprint density at radius 3 is 2.67 bits per heavy atom. The summed E-state index contributed by atoms with van der Waals surface area (Å²) in [5.74, 6) is 0.502. The number of likely N-dealkylation sites (tertiary alicyclic amines) is 1. The molecule has 1 saturated heterocycles. The molecule has 5 heteroatoms. The van der Waals surface area contributed by atoms with Gasteiger partial charge < -0.3 is 5.73 Å². The maximum absolute atomic E-state index is 11.4. The van der Waals surface area contributed by atoms with E-state index in [1.54, 1.807) is 6.92 Å². The molecule has 0 radical (unpaired) electrons. The smallest absolute Gasteiger partial charge is 0.151 e. The first-order chi connectivity index (χ1) is 6.94. The molecule has 90 valence electrons. The average Bonchev–Trinajstić information content (AvgIpc) is 2.20. The normalized spacial score (nSPS) is 29.3. The van der Waals surface area contributed by atoms with E-state index in [9.17, 15) is 8.42 Å². The van der Waals surface area contributed by atoms with Gasteiger partial charge in [-0.2, -0.15) is 0 Å². The molecule has 0 saturated carbocycles. The molecule has 1 rings (SSSR count). The Labute approximate surface area is 92.7 Å². The van der Waals surface area contributed by atoms with Crippen LogP contribution >= 0.6 is 0 Å². The van der Waals surface area contributed by atoms with Crippen LogP contribution in [-0.2, 0) is 9.84 Å². The van der Waals surface area contributed by atoms with E-state index in [1.165, 1.54) is 0 Å². The van der Waals surface area contributed by atoms with Crippen LogP contribution in [0.1, 0.15) is 26.7 Å². The molecule has 0 bridgehead atoms. The minimum atomic E-state index is -2.84. The van der Waals surface area contributed by atoms with Gasteiger partial charge in [-0.3, -0.25) is 4.90 Å². The van der Waals surface area contributed by atoms with Crippen LogP contribution in [0.3, 0.4) is 0 Å². The van der Waals surface area contributed by atoms with E-state index in [0.29, 0.717) is 12.6 Å². The maximum atomic E-state index is 11.4. The molecule has 0 aliphatic carbocycles. The predicted molar refractivity (Wildman–Crippen MR) is 62.6 cm³/mol. The van der Waals surface area contributed by atoms with Crippen molar-refractivity contribution >= 4 is 9.84 Å². The van der Waals surface area contributed by atoms with E-state index >= 15 is 0 Å². The van der Waals surface area contributed by atoms with Crippen molar-refractivity contribution in [2.24, 2.45) is 5.73 Å². The second kappa shape index (κ2) is 5.27. The van der Waals surface area contributed by atoms with Crippen LogP contribution in [0, 0.1) is 0 Å². The van der Waals surface area contributed by atoms with Crippen LogP contribution in [0.25, 0.3) is 0 Å². The summed E-state index contributed by atoms with van der Waals surface area (Å²) in [5.41, 5.74) is 5.87. The number of hydrogen-bond acceptors (Lipinski definition) is 4. The fourth-order valence-electron chi connectivity index (χ4n) is 1.92. The van der Waals surface area contributed by atoms with E-state index < -0.39 is 9.84 Å². The van der Waals surface area contributed by atoms with Crippen molar-refractivity contribution in [3.63, 3.8) is 0 Å². The summed E-state index contributed by atoms with van der Waals surface area (Å²) >= 11 is 0. The Morgan fingerprint density at radius 2 is 2.07 bits per heavy atom. The molecule has 0 aromatic rings. The van der Waals surface area contributed by atoms with Gasteiger partial charge in [0.2, 0.25) is 0 Å². The van der Waals surface area contributed by atoms with Crippen molar-refractivity contribution in [2.75, 3.05) is 24.6 Å². The first-order valence-corrected chi connectivity index (χ1v) is 7.47. The summed E-state index contributed by atoms with van der Waals surface area (Å²) in [4.78, 5) is 2.20. The summed E-state index contributed by atoms with van der Waals surface area (Å²) < 4.78 is 22.7. The fraction of sp³-hybridized carbons (Fsp3) is 1.00. The number of nitrogens with two attached hydrogens (primary N) is 1. The fourth-order valence-corrected chi connectivity index (χ4v) is 2.72. The van der Waals surface area contributed by atoms with Gasteiger partial charge in [0.05, 0.1) is 5.75 Å². The lowest BCUT2D eigenvalue weighted by molar-refractivity contribution is 0.154. The van der Waals surface area contributed by atoms with Gasteiger partial charge in [0.1, 0.15) is 0 Å². The molecule has 2 N–H and O–H groups in total. The Morgan fingerprint density at radius 1 is 1.40 bits per heavy atom. The van der Waals surface area contributed by atoms with Crippen LogP contribution in [0.5, 0.6) is 0 Å². The molecular weight excluding hydrogens is 212 g/mol. The molecule has 15 heavy (non-hydrogen) atoms. The van der Waals surface area contributed by atoms with Crippen molar-refractivity contribution < 1.29 is 8.42 Å². The van der Waals surface area contributed by atoms with Gasteiger partial charge in [0.15, 0.2) is 9.84 Å². The summed E-state index contributed by atoms with van der Waals surface area (Å²) in [5, 5.41) is 0. The van der Waals surface area contributed by atoms with Crippen LogP contribution in [-0.4, -0.2) is 50.0 Å². The highest BCUT2D eigenvalue weighted by Crippen LogP contribution is 2.15. The van der Waals surface area contributed by atoms with Crippen molar-refractivity contribution in [3.8, 4) is 0 Å². The molecule has 0 spiro atoms. The monoisotopic (exact) mass is 234 g/mol. The second-order valence-corrected chi connectivity index (χ2v) is 6.89. The zero-order valence-electron chi connectivity index (χ0n) is 9.65. The molecule has 2 unspecified atom stereocenters. The Kier molecular flexibility index (Phi) is 4.55. The lowest BCUT2D eigenvalue weighted by atomic mass is 10.0. The standard InChI is InChI=1S/C10H22N2O2S/c1-3-15(13,14)7-6-12-8-10(11)5-4-9(12)2/h9-10H,3-8,11H2,1-2H3. The number of nitrogens with zero attached hydrogens (tertiary/aromatic N) is 1. The van der Waals surface area contributed by atoms with E-state index in [-0.39, 0.29) is 17.5 Å². The lowest BCUT2D eigenvalue weighted by Gasteiger charge is -2.36. The molecule has 1 aliphatic rings. The largest absolute Gasteiger partial charge is 0.327 e. The molecule has 0 aromatic heterocycles. The number of rotatable bonds is 4. The summed E-state index contributed by atoms with van der Waals surface area (Å²) in [6.45, 7) is 5.30. The number of hydrogen-bond donors (Lipinski definition) is 1. The molecule has 2 atom stereocenters. The maximum Gasteiger partial charge on any atom is 0.151 e. The minimum Gasteiger partial charge on any atom is -0.327 e. The zero-order valence-corrected chi connectivity index (χ0v) is 10.5. The Hall–Kier alpha value is -0.130. The predicted octanol–water partition coefficient (Wildman–Crippen LogP) is 0.233. The summed E-state index contributed by atoms with van der Waals surface area (Å²) in [6, 6.07) is 0.683. The van der Waals surface area contributed by atoms with Crippen molar-refractivity contribution in [1.29, 1.82) is 0 Å². The van der Waals surface area contributed by atoms with Gasteiger partial charge in [0, 0.05) is 30.9 Å². The van der Waals surface area contributed by atoms with E-state index in [4.69, 9.17) is 5.73 Å². The molecule has 0 amide bonds. The third-order valence-electron chi connectivity index (χ3n) is 3.18. The summed E-state index contributed by atoms with van der Waals surface area (Å²) in [6.07, 6.45) is 2.13. The highest BCUT2D eigenvalue weighted by atomic mass is 32.2. The van der Waals surface area contributed by atoms with E-state index in [0.717, 1.165) is 19.4 Å². The number of piperidine rings is 1. The molecule has 0 aromatic carbocycles. The van der Waals surface area contributed by atoms with Crippen LogP contribution in [0.4, 0.5) is 0 Å². The van der Waals surface area contributed by atoms with E-state index in [2.05, 4.69) is 11.8 Å². The Balaban J connectivity index is 2.43. The van der Waals surface area contributed by atoms with Gasteiger partial charge in [-0.05, 0) is 19.8 Å². The highest BCUT2D eigenvalue weighted by Gasteiger charge is 2.23. The Bertz CT molecular complexity index is 290. The average molecular weight is 234 g/mol. The van der Waals surface area contributed by atoms with Gasteiger partial charge >= 0.3 is 0 Å². The van der Waals surface area contributed by atoms with Crippen LogP contribution in [0.15, 0.2) is 0 Å². The van der Waals surface area contributed by atoms with Crippen LogP contribution in [0.2, 0.25) is 0 Å². The lowest BCUT2D eigenvalue weighted by Crippen LogP contribution is -2.48. The first-order valence-electron chi connectivity index (χ1n) is 5.64. The summed E-state index contributed by atoms with van der Waals surface area (Å²) in [7, 11) is -2.84. The molecule has 1 aliphatic heterocycles. The second-order valence-electron chi connectivity index (χ2n) is 4.42. The van der Waals surface area contributed by atoms with Gasteiger partial charge in [-0.15, -0.1) is 0 Å². The van der Waals surface area contributed by atoms with Crippen LogP contribution < -0.4 is 5.73 Å². The third kappa shape index (κ3) is 4.09. The van der Waals surface area contributed by atoms with Crippen molar-refractivity contribution in [1.82, 2.24) is 4.90 Å². The zero-order chi connectivity index (χ0) is 11.5. The molecule has 4 nitrogen and oxygen atoms in total. The molecule has 1 fully saturated rings. The first kappa shape index (κ1) is 12.9. The quantitative estimate of drug-likeness (QED) is 0.756. The third-order valence-corrected chi connectivity index (χ3v) is 4.86.